The molecular weight excluding hydrogens is 557 g/mol. The molecule has 1 saturated heterocycles. The molecule has 3 amide bonds. The van der Waals surface area contributed by atoms with Crippen LogP contribution in [-0.2, 0) is 11.3 Å². The van der Waals surface area contributed by atoms with Crippen molar-refractivity contribution in [3.8, 4) is 5.69 Å². The molecule has 7 heteroatoms. The second-order valence-corrected chi connectivity index (χ2v) is 9.31. The zero-order valence-electron chi connectivity index (χ0n) is 16.4. The predicted octanol–water partition coefficient (Wildman–Crippen LogP) is 5.55. The van der Waals surface area contributed by atoms with Crippen LogP contribution in [-0.4, -0.2) is 21.4 Å². The summed E-state index contributed by atoms with van der Waals surface area (Å²) in [5.74, 6) is -0.318. The Morgan fingerprint density at radius 3 is 2.50 bits per heavy atom. The van der Waals surface area contributed by atoms with E-state index in [9.17, 15) is 9.59 Å². The van der Waals surface area contributed by atoms with Crippen molar-refractivity contribution >= 4 is 56.5 Å². The Kier molecular flexibility index (Phi) is 5.84. The van der Waals surface area contributed by atoms with Gasteiger partial charge in [0.05, 0.1) is 6.54 Å². The Morgan fingerprint density at radius 1 is 1.07 bits per heavy atom. The van der Waals surface area contributed by atoms with E-state index in [1.807, 2.05) is 56.3 Å². The van der Waals surface area contributed by atoms with Gasteiger partial charge in [0.25, 0.3) is 5.91 Å². The highest BCUT2D eigenvalue weighted by molar-refractivity contribution is 14.1. The van der Waals surface area contributed by atoms with Gasteiger partial charge in [0.2, 0.25) is 0 Å². The first-order valence-corrected chi connectivity index (χ1v) is 11.2. The normalized spacial score (nSPS) is 15.2. The number of rotatable bonds is 4. The fourth-order valence-corrected chi connectivity index (χ4v) is 4.38. The zero-order valence-corrected chi connectivity index (χ0v) is 20.2. The second kappa shape index (κ2) is 8.39. The molecule has 0 bridgehead atoms. The zero-order chi connectivity index (χ0) is 21.4. The molecule has 0 spiro atoms. The van der Waals surface area contributed by atoms with Crippen molar-refractivity contribution in [1.29, 1.82) is 0 Å². The number of amides is 3. The van der Waals surface area contributed by atoms with Gasteiger partial charge >= 0.3 is 6.03 Å². The largest absolute Gasteiger partial charge is 0.329 e. The number of imide groups is 1. The fourth-order valence-electron chi connectivity index (χ4n) is 3.59. The molecule has 0 unspecified atom stereocenters. The molecule has 1 aliphatic rings. The van der Waals surface area contributed by atoms with Crippen LogP contribution in [0.4, 0.5) is 4.79 Å². The first kappa shape index (κ1) is 20.9. The topological polar surface area (TPSA) is 54.3 Å². The number of benzene rings is 2. The molecule has 1 fully saturated rings. The molecule has 0 radical (unpaired) electrons. The number of hydrogen-bond donors (Lipinski definition) is 1. The summed E-state index contributed by atoms with van der Waals surface area (Å²) in [6.45, 7) is 4.28. The Labute approximate surface area is 197 Å². The highest BCUT2D eigenvalue weighted by atomic mass is 127. The number of hydrogen-bond acceptors (Lipinski definition) is 2. The number of aromatic nitrogens is 1. The first-order chi connectivity index (χ1) is 14.3. The SMILES string of the molecule is Cc1cc(/C=C2/NC(=O)N(Cc3ccc(Br)cc3)C2=O)c(C)n1-c1cccc(I)c1. The molecular formula is C23H19BrIN3O2. The fraction of sp³-hybridized carbons (Fsp3) is 0.130. The number of carbonyl (C=O) groups is 2. The van der Waals surface area contributed by atoms with E-state index < -0.39 is 6.03 Å². The van der Waals surface area contributed by atoms with Gasteiger partial charge in [-0.2, -0.15) is 0 Å². The quantitative estimate of drug-likeness (QED) is 0.252. The molecule has 0 atom stereocenters. The molecule has 152 valence electrons. The van der Waals surface area contributed by atoms with E-state index in [-0.39, 0.29) is 12.5 Å². The van der Waals surface area contributed by atoms with E-state index in [0.29, 0.717) is 5.70 Å². The van der Waals surface area contributed by atoms with Gasteiger partial charge in [0.1, 0.15) is 5.70 Å². The van der Waals surface area contributed by atoms with Crippen LogP contribution in [0.15, 0.2) is 64.8 Å². The van der Waals surface area contributed by atoms with Crippen LogP contribution in [0.1, 0.15) is 22.5 Å². The first-order valence-electron chi connectivity index (χ1n) is 9.37. The van der Waals surface area contributed by atoms with E-state index in [4.69, 9.17) is 0 Å². The maximum absolute atomic E-state index is 12.9. The van der Waals surface area contributed by atoms with Crippen LogP contribution in [0, 0.1) is 17.4 Å². The van der Waals surface area contributed by atoms with Crippen molar-refractivity contribution in [1.82, 2.24) is 14.8 Å². The molecule has 1 aliphatic heterocycles. The molecule has 4 rings (SSSR count). The van der Waals surface area contributed by atoms with Gasteiger partial charge in [-0.05, 0) is 90.0 Å². The van der Waals surface area contributed by atoms with Crippen LogP contribution >= 0.6 is 38.5 Å². The average molecular weight is 576 g/mol. The van der Waals surface area contributed by atoms with Crippen molar-refractivity contribution in [2.75, 3.05) is 0 Å². The van der Waals surface area contributed by atoms with E-state index in [0.717, 1.165) is 36.2 Å². The third kappa shape index (κ3) is 4.09. The van der Waals surface area contributed by atoms with Crippen LogP contribution < -0.4 is 5.32 Å². The number of nitrogens with one attached hydrogen (secondary N) is 1. The Balaban J connectivity index is 1.62. The summed E-state index contributed by atoms with van der Waals surface area (Å²) in [6, 6.07) is 17.4. The lowest BCUT2D eigenvalue weighted by Gasteiger charge is -2.11. The van der Waals surface area contributed by atoms with Crippen molar-refractivity contribution in [2.45, 2.75) is 20.4 Å². The Morgan fingerprint density at radius 2 is 1.80 bits per heavy atom. The molecule has 5 nitrogen and oxygen atoms in total. The minimum Gasteiger partial charge on any atom is -0.318 e. The Bertz CT molecular complexity index is 1180. The maximum Gasteiger partial charge on any atom is 0.329 e. The van der Waals surface area contributed by atoms with Gasteiger partial charge in [-0.25, -0.2) is 4.79 Å². The molecule has 3 aromatic rings. The minimum absolute atomic E-state index is 0.233. The monoisotopic (exact) mass is 575 g/mol. The van der Waals surface area contributed by atoms with Gasteiger partial charge in [-0.15, -0.1) is 0 Å². The third-order valence-electron chi connectivity index (χ3n) is 5.05. The van der Waals surface area contributed by atoms with Crippen LogP contribution in [0.25, 0.3) is 11.8 Å². The van der Waals surface area contributed by atoms with Crippen molar-refractivity contribution in [2.24, 2.45) is 0 Å². The van der Waals surface area contributed by atoms with Gasteiger partial charge < -0.3 is 9.88 Å². The smallest absolute Gasteiger partial charge is 0.318 e. The minimum atomic E-state index is -0.402. The molecule has 0 aliphatic carbocycles. The van der Waals surface area contributed by atoms with E-state index in [2.05, 4.69) is 60.5 Å². The summed E-state index contributed by atoms with van der Waals surface area (Å²) in [4.78, 5) is 26.5. The summed E-state index contributed by atoms with van der Waals surface area (Å²) in [6.07, 6.45) is 1.76. The molecule has 1 aromatic heterocycles. The third-order valence-corrected chi connectivity index (χ3v) is 6.25. The molecule has 1 N–H and O–H groups in total. The standard InChI is InChI=1S/C23H19BrIN3O2/c1-14-10-17(15(2)28(14)20-5-3-4-19(25)12-20)11-21-22(29)27(23(30)26-21)13-16-6-8-18(24)9-7-16/h3-12H,13H2,1-2H3,(H,26,30)/b21-11+. The van der Waals surface area contributed by atoms with Crippen LogP contribution in [0.2, 0.25) is 0 Å². The highest BCUT2D eigenvalue weighted by Crippen LogP contribution is 2.25. The lowest BCUT2D eigenvalue weighted by atomic mass is 10.2. The van der Waals surface area contributed by atoms with Gasteiger partial charge in [0.15, 0.2) is 0 Å². The summed E-state index contributed by atoms with van der Waals surface area (Å²) >= 11 is 5.69. The number of aryl methyl sites for hydroxylation is 1. The van der Waals surface area contributed by atoms with Crippen LogP contribution in [0.5, 0.6) is 0 Å². The molecule has 0 saturated carbocycles. The number of halogens is 2. The van der Waals surface area contributed by atoms with E-state index in [1.54, 1.807) is 6.08 Å². The number of urea groups is 1. The van der Waals surface area contributed by atoms with Crippen molar-refractivity contribution in [3.63, 3.8) is 0 Å². The van der Waals surface area contributed by atoms with Crippen molar-refractivity contribution < 1.29 is 9.59 Å². The summed E-state index contributed by atoms with van der Waals surface area (Å²) in [7, 11) is 0. The van der Waals surface area contributed by atoms with Gasteiger partial charge in [0, 0.05) is 25.1 Å². The average Bonchev–Trinajstić information content (AvgIpc) is 3.13. The molecule has 30 heavy (non-hydrogen) atoms. The highest BCUT2D eigenvalue weighted by Gasteiger charge is 2.33. The van der Waals surface area contributed by atoms with E-state index in [1.165, 1.54) is 4.90 Å². The maximum atomic E-state index is 12.9. The molecule has 2 heterocycles. The number of nitrogens with zero attached hydrogens (tertiary/aromatic N) is 2. The second-order valence-electron chi connectivity index (χ2n) is 7.15. The molecule has 2 aromatic carbocycles. The van der Waals surface area contributed by atoms with Gasteiger partial charge in [-0.1, -0.05) is 34.1 Å². The summed E-state index contributed by atoms with van der Waals surface area (Å²) in [5.41, 5.74) is 5.22. The van der Waals surface area contributed by atoms with Crippen LogP contribution in [0.3, 0.4) is 0 Å². The summed E-state index contributed by atoms with van der Waals surface area (Å²) < 4.78 is 4.25. The Hall–Kier alpha value is -2.39. The van der Waals surface area contributed by atoms with Gasteiger partial charge in [-0.3, -0.25) is 9.69 Å². The lowest BCUT2D eigenvalue weighted by Crippen LogP contribution is -2.30. The number of carbonyl (C=O) groups excluding carboxylic acids is 2. The summed E-state index contributed by atoms with van der Waals surface area (Å²) in [5, 5.41) is 2.72. The van der Waals surface area contributed by atoms with E-state index >= 15 is 0 Å². The lowest BCUT2D eigenvalue weighted by molar-refractivity contribution is -0.123. The predicted molar refractivity (Wildman–Crippen MR) is 129 cm³/mol. The van der Waals surface area contributed by atoms with Crippen molar-refractivity contribution in [3.05, 3.63) is 90.9 Å².